The van der Waals surface area contributed by atoms with Gasteiger partial charge in [-0.2, -0.15) is 0 Å². The minimum Gasteiger partial charge on any atom is -1.00 e. The van der Waals surface area contributed by atoms with Crippen LogP contribution >= 0.6 is 0 Å². The second-order valence-corrected chi connectivity index (χ2v) is 23.6. The van der Waals surface area contributed by atoms with E-state index in [1.165, 1.54) is 72.3 Å². The van der Waals surface area contributed by atoms with Gasteiger partial charge in [0.25, 0.3) is 0 Å². The van der Waals surface area contributed by atoms with Crippen molar-refractivity contribution in [2.24, 2.45) is 0 Å². The van der Waals surface area contributed by atoms with Gasteiger partial charge in [-0.15, -0.1) is 0 Å². The molecule has 0 amide bonds. The number of rotatable bonds is 6. The molecule has 0 radical (unpaired) electrons. The third kappa shape index (κ3) is 7.98. The zero-order valence-corrected chi connectivity index (χ0v) is 37.9. The fourth-order valence-corrected chi connectivity index (χ4v) is 17.5. The molecule has 3 heteroatoms. The fourth-order valence-electron chi connectivity index (χ4n) is 8.81. The number of hydrogen-bond donors (Lipinski definition) is 0. The van der Waals surface area contributed by atoms with Gasteiger partial charge >= 0.3 is 334 Å². The molecule has 6 aromatic carbocycles. The number of halogens is 2. The van der Waals surface area contributed by atoms with Gasteiger partial charge in [0.15, 0.2) is 0 Å². The van der Waals surface area contributed by atoms with Gasteiger partial charge in [-0.25, -0.2) is 0 Å². The van der Waals surface area contributed by atoms with Crippen LogP contribution in [0.1, 0.15) is 86.1 Å². The summed E-state index contributed by atoms with van der Waals surface area (Å²) in [6, 6.07) is 48.9. The molecule has 0 unspecified atom stereocenters. The maximum Gasteiger partial charge on any atom is -1.00 e. The van der Waals surface area contributed by atoms with E-state index < -0.39 is 21.3 Å². The molecule has 2 aliphatic carbocycles. The fraction of sp³-hybridized carbons (Fsp3) is 0.226. The Bertz CT molecular complexity index is 2430. The smallest absolute Gasteiger partial charge is 1.00 e. The van der Waals surface area contributed by atoms with Crippen LogP contribution in [0.25, 0.3) is 33.4 Å². The molecule has 8 rings (SSSR count). The second-order valence-electron chi connectivity index (χ2n) is 17.5. The van der Waals surface area contributed by atoms with Crippen molar-refractivity contribution in [3.63, 3.8) is 0 Å². The molecule has 0 saturated heterocycles. The number of benzene rings is 6. The van der Waals surface area contributed by atoms with E-state index in [1.54, 1.807) is 12.0 Å². The summed E-state index contributed by atoms with van der Waals surface area (Å²) in [6.07, 6.45) is 10.6. The summed E-state index contributed by atoms with van der Waals surface area (Å²) >= 11 is -3.02. The van der Waals surface area contributed by atoms with Crippen LogP contribution in [0.4, 0.5) is 0 Å². The summed E-state index contributed by atoms with van der Waals surface area (Å²) < 4.78 is 3.65. The molecule has 0 atom stereocenters. The topological polar surface area (TPSA) is 0 Å². The van der Waals surface area contributed by atoms with Crippen LogP contribution in [0.5, 0.6) is 0 Å². The first-order valence-electron chi connectivity index (χ1n) is 19.6. The van der Waals surface area contributed by atoms with Crippen LogP contribution in [0.2, 0.25) is 3.63 Å². The molecule has 0 bridgehead atoms. The van der Waals surface area contributed by atoms with E-state index in [0.29, 0.717) is 3.63 Å². The molecule has 2 aliphatic rings. The Labute approximate surface area is 355 Å². The summed E-state index contributed by atoms with van der Waals surface area (Å²) in [5, 5.41) is 0. The number of allylic oxidation sites excluding steroid dienone is 4. The zero-order valence-electron chi connectivity index (χ0n) is 34.0. The van der Waals surface area contributed by atoms with E-state index in [9.17, 15) is 0 Å². The predicted molar refractivity (Wildman–Crippen MR) is 230 cm³/mol. The third-order valence-electron chi connectivity index (χ3n) is 11.3. The minimum atomic E-state index is -3.02. The molecule has 0 heterocycles. The van der Waals surface area contributed by atoms with E-state index in [2.05, 4.69) is 207 Å². The van der Waals surface area contributed by atoms with Gasteiger partial charge in [-0.05, 0) is 0 Å². The standard InChI is InChI=1S/C33H33.C15H14.C5H5.2ClH.Zr/c1-32(2,3)30-20-26-24(18-28(30)22-13-9-7-10-14-22)17-25-19-29(23-15-11-8-12-16-23)31(21-27(25)26)33(4,5)6;1-12-5-3-7-14(9-12)11-15-8-4-6-13(2)10-15;1-2-4-5-3-1;;;/h7-16,18,20-21H,17H2,1-6H3;3-10H,1-2H3;1-5H;2*1H;/q;;;;;+2/p-2. The van der Waals surface area contributed by atoms with Crippen LogP contribution in [-0.2, 0) is 38.5 Å². The molecular weight excluding hydrogens is 799 g/mol. The number of hydrogen-bond acceptors (Lipinski definition) is 0. The van der Waals surface area contributed by atoms with Crippen LogP contribution in [-0.4, -0.2) is 3.21 Å². The third-order valence-corrected chi connectivity index (χ3v) is 19.3. The van der Waals surface area contributed by atoms with Crippen molar-refractivity contribution in [3.05, 3.63) is 196 Å². The van der Waals surface area contributed by atoms with E-state index >= 15 is 0 Å². The average Bonchev–Trinajstić information content (AvgIpc) is 3.81. The van der Waals surface area contributed by atoms with Gasteiger partial charge in [0.2, 0.25) is 0 Å². The van der Waals surface area contributed by atoms with Crippen LogP contribution in [0.3, 0.4) is 0 Å². The molecule has 0 aromatic heterocycles. The van der Waals surface area contributed by atoms with E-state index in [1.807, 2.05) is 0 Å². The van der Waals surface area contributed by atoms with Crippen molar-refractivity contribution in [2.45, 2.75) is 76.3 Å². The Kier molecular flexibility index (Phi) is 12.3. The van der Waals surface area contributed by atoms with Crippen LogP contribution < -0.4 is 28.1 Å². The molecule has 0 spiro atoms. The quantitative estimate of drug-likeness (QED) is 0.166. The van der Waals surface area contributed by atoms with Gasteiger partial charge in [-0.3, -0.25) is 0 Å². The molecule has 0 aliphatic heterocycles. The summed E-state index contributed by atoms with van der Waals surface area (Å²) in [7, 11) is 0. The summed E-state index contributed by atoms with van der Waals surface area (Å²) in [5.41, 5.74) is 19.5. The molecule has 282 valence electrons. The van der Waals surface area contributed by atoms with Crippen molar-refractivity contribution in [3.8, 4) is 33.4 Å². The van der Waals surface area contributed by atoms with Crippen molar-refractivity contribution in [1.82, 2.24) is 0 Å². The normalized spacial score (nSPS) is 13.0. The Morgan fingerprint density at radius 3 is 1.57 bits per heavy atom. The first kappa shape index (κ1) is 41.8. The van der Waals surface area contributed by atoms with Gasteiger partial charge in [0.1, 0.15) is 0 Å². The summed E-state index contributed by atoms with van der Waals surface area (Å²) in [6.45, 7) is 18.9. The average molecular weight is 851 g/mol. The first-order valence-corrected chi connectivity index (χ1v) is 23.5. The zero-order chi connectivity index (χ0) is 37.8. The van der Waals surface area contributed by atoms with E-state index in [-0.39, 0.29) is 35.6 Å². The molecule has 0 N–H and O–H groups in total. The second kappa shape index (κ2) is 16.5. The molecule has 0 nitrogen and oxygen atoms in total. The predicted octanol–water partition coefficient (Wildman–Crippen LogP) is 7.24. The Morgan fingerprint density at radius 2 is 1.05 bits per heavy atom. The van der Waals surface area contributed by atoms with E-state index in [4.69, 9.17) is 0 Å². The number of aryl methyl sites for hydroxylation is 2. The van der Waals surface area contributed by atoms with Crippen molar-refractivity contribution in [2.75, 3.05) is 0 Å². The van der Waals surface area contributed by atoms with Gasteiger partial charge in [0, 0.05) is 0 Å². The Hall–Kier alpha value is -3.87. The molecule has 0 saturated carbocycles. The molecule has 0 fully saturated rings. The van der Waals surface area contributed by atoms with Gasteiger partial charge < -0.3 is 24.8 Å². The Balaban J connectivity index is 0.00000266. The molecule has 56 heavy (non-hydrogen) atoms. The minimum absolute atomic E-state index is 0. The van der Waals surface area contributed by atoms with E-state index in [0.717, 1.165) is 6.42 Å². The maximum atomic E-state index is 2.61. The van der Waals surface area contributed by atoms with Gasteiger partial charge in [-0.1, -0.05) is 0 Å². The maximum absolute atomic E-state index is 3.02. The first-order chi connectivity index (χ1) is 25.9. The van der Waals surface area contributed by atoms with Gasteiger partial charge in [0.05, 0.1) is 0 Å². The van der Waals surface area contributed by atoms with Crippen molar-refractivity contribution in [1.29, 1.82) is 0 Å². The SMILES string of the molecule is Cc1cccc([C](c2cccc(C)c2)=[Zr+2]([c]2c3c(cc(C(C)(C)C)c2-c2ccccc2)-c2cc(C(C)(C)C)c(-c4ccccc4)cc2C3)[CH]2C=CC=C2)c1.[Cl-].[Cl-]. The number of fused-ring (bicyclic) bond motifs is 3. The summed E-state index contributed by atoms with van der Waals surface area (Å²) in [4.78, 5) is 0. The Morgan fingerprint density at radius 1 is 0.536 bits per heavy atom. The monoisotopic (exact) mass is 848 g/mol. The van der Waals surface area contributed by atoms with Crippen molar-refractivity contribution < 1.29 is 46.1 Å². The largest absolute Gasteiger partial charge is 1.00 e. The van der Waals surface area contributed by atoms with Crippen LogP contribution in [0, 0.1) is 13.8 Å². The van der Waals surface area contributed by atoms with Crippen molar-refractivity contribution >= 4 is 6.48 Å². The van der Waals surface area contributed by atoms with Crippen LogP contribution in [0.15, 0.2) is 152 Å². The summed E-state index contributed by atoms with van der Waals surface area (Å²) in [5.74, 6) is 0. The molecule has 6 aromatic rings. The molecular formula is C53H52Cl2Zr.